The van der Waals surface area contributed by atoms with Crippen LogP contribution < -0.4 is 16.0 Å². The molecule has 2 aromatic carbocycles. The third kappa shape index (κ3) is 11.1. The molecule has 0 spiro atoms. The lowest BCUT2D eigenvalue weighted by molar-refractivity contribution is -0.169. The molecule has 1 heterocycles. The lowest BCUT2D eigenvalue weighted by atomic mass is 9.97. The predicted molar refractivity (Wildman–Crippen MR) is 158 cm³/mol. The number of carbonyl (C=O) groups is 2. The Morgan fingerprint density at radius 3 is 2.35 bits per heavy atom. The van der Waals surface area contributed by atoms with Crippen molar-refractivity contribution in [1.29, 1.82) is 0 Å². The van der Waals surface area contributed by atoms with Crippen molar-refractivity contribution in [2.75, 3.05) is 26.9 Å². The Bertz CT molecular complexity index is 1160. The zero-order chi connectivity index (χ0) is 31.2. The molecule has 2 amide bonds. The summed E-state index contributed by atoms with van der Waals surface area (Å²) in [5.74, 6) is -2.94. The van der Waals surface area contributed by atoms with E-state index in [1.165, 1.54) is 12.7 Å². The number of methoxy groups -OCH3 is 1. The summed E-state index contributed by atoms with van der Waals surface area (Å²) in [6.45, 7) is 5.59. The second-order valence-electron chi connectivity index (χ2n) is 10.9. The molecule has 4 N–H and O–H groups in total. The van der Waals surface area contributed by atoms with Crippen molar-refractivity contribution in [2.45, 2.75) is 89.3 Å². The van der Waals surface area contributed by atoms with Gasteiger partial charge in [0.05, 0.1) is 32.5 Å². The van der Waals surface area contributed by atoms with E-state index in [1.807, 2.05) is 18.2 Å². The smallest absolute Gasteiger partial charge is 0.407 e. The molecule has 3 atom stereocenters. The van der Waals surface area contributed by atoms with Gasteiger partial charge in [0.2, 0.25) is 5.91 Å². The molecule has 43 heavy (non-hydrogen) atoms. The minimum absolute atomic E-state index is 0.0494. The van der Waals surface area contributed by atoms with E-state index in [2.05, 4.69) is 35.9 Å². The predicted octanol–water partition coefficient (Wildman–Crippen LogP) is 4.14. The van der Waals surface area contributed by atoms with Gasteiger partial charge < -0.3 is 35.3 Å². The van der Waals surface area contributed by atoms with Crippen molar-refractivity contribution in [1.82, 2.24) is 16.0 Å². The monoisotopic (exact) mass is 605 g/mol. The van der Waals surface area contributed by atoms with Gasteiger partial charge >= 0.3 is 6.09 Å². The number of benzene rings is 2. The zero-order valence-corrected chi connectivity index (χ0v) is 25.3. The topological polar surface area (TPSA) is 118 Å². The van der Waals surface area contributed by atoms with Crippen LogP contribution in [-0.2, 0) is 38.4 Å². The van der Waals surface area contributed by atoms with Crippen molar-refractivity contribution in [2.24, 2.45) is 0 Å². The van der Waals surface area contributed by atoms with Crippen LogP contribution in [0.25, 0.3) is 0 Å². The average Bonchev–Trinajstić information content (AvgIpc) is 3.46. The number of aryl methyl sites for hydroxylation is 1. The van der Waals surface area contributed by atoms with E-state index in [1.54, 1.807) is 0 Å². The van der Waals surface area contributed by atoms with Gasteiger partial charge in [0, 0.05) is 32.0 Å². The number of hydrogen-bond donors (Lipinski definition) is 4. The number of ether oxygens (including phenoxy) is 3. The maximum absolute atomic E-state index is 14.0. The molecule has 1 aliphatic heterocycles. The van der Waals surface area contributed by atoms with Gasteiger partial charge in [-0.05, 0) is 54.5 Å². The minimum atomic E-state index is -1.12. The fourth-order valence-corrected chi connectivity index (χ4v) is 5.21. The summed E-state index contributed by atoms with van der Waals surface area (Å²) in [4.78, 5) is 25.7. The van der Waals surface area contributed by atoms with Crippen molar-refractivity contribution in [3.8, 4) is 0 Å². The quantitative estimate of drug-likeness (QED) is 0.214. The van der Waals surface area contributed by atoms with Gasteiger partial charge in [-0.2, -0.15) is 0 Å². The van der Waals surface area contributed by atoms with Gasteiger partial charge in [-0.15, -0.1) is 0 Å². The number of amides is 2. The Labute approximate surface area is 252 Å². The SMILES string of the molecule is CCCCC1(CC[C@@H](NC(=O)OC)C(=O)N[C@@H](Cc2cc(F)cc(F)c2)[C@H](O)CNCc2cccc(CC)c2)OCCO1. The van der Waals surface area contributed by atoms with Crippen molar-refractivity contribution < 1.29 is 37.7 Å². The first-order chi connectivity index (χ1) is 20.7. The Morgan fingerprint density at radius 1 is 1.00 bits per heavy atom. The molecular weight excluding hydrogens is 560 g/mol. The Balaban J connectivity index is 1.74. The molecule has 11 heteroatoms. The number of hydrogen-bond acceptors (Lipinski definition) is 7. The number of alkyl carbamates (subject to hydrolysis) is 1. The number of aliphatic hydroxyl groups is 1. The zero-order valence-electron chi connectivity index (χ0n) is 25.3. The summed E-state index contributed by atoms with van der Waals surface area (Å²) in [5.41, 5.74) is 2.49. The second-order valence-corrected chi connectivity index (χ2v) is 10.9. The number of unbranched alkanes of at least 4 members (excludes halogenated alkanes) is 1. The van der Waals surface area contributed by atoms with Crippen LogP contribution >= 0.6 is 0 Å². The first-order valence-electron chi connectivity index (χ1n) is 15.0. The van der Waals surface area contributed by atoms with Crippen molar-refractivity contribution >= 4 is 12.0 Å². The summed E-state index contributed by atoms with van der Waals surface area (Å²) in [6.07, 6.45) is 1.91. The van der Waals surface area contributed by atoms with Gasteiger partial charge in [0.1, 0.15) is 17.7 Å². The van der Waals surface area contributed by atoms with E-state index >= 15 is 0 Å². The third-order valence-electron chi connectivity index (χ3n) is 7.58. The maximum Gasteiger partial charge on any atom is 0.407 e. The highest BCUT2D eigenvalue weighted by Crippen LogP contribution is 2.31. The van der Waals surface area contributed by atoms with E-state index in [0.29, 0.717) is 32.6 Å². The molecule has 0 saturated carbocycles. The number of aliphatic hydroxyl groups excluding tert-OH is 1. The van der Waals surface area contributed by atoms with E-state index in [-0.39, 0.29) is 24.9 Å². The van der Waals surface area contributed by atoms with Crippen LogP contribution in [0.1, 0.15) is 62.6 Å². The minimum Gasteiger partial charge on any atom is -0.453 e. The van der Waals surface area contributed by atoms with Gasteiger partial charge in [-0.3, -0.25) is 4.79 Å². The molecule has 9 nitrogen and oxygen atoms in total. The van der Waals surface area contributed by atoms with Crippen LogP contribution in [0.15, 0.2) is 42.5 Å². The molecule has 1 saturated heterocycles. The Hall–Kier alpha value is -3.12. The Morgan fingerprint density at radius 2 is 1.70 bits per heavy atom. The lowest BCUT2D eigenvalue weighted by Gasteiger charge is -2.30. The summed E-state index contributed by atoms with van der Waals surface area (Å²) in [5, 5.41) is 19.7. The average molecular weight is 606 g/mol. The molecule has 0 radical (unpaired) electrons. The largest absolute Gasteiger partial charge is 0.453 e. The third-order valence-corrected chi connectivity index (χ3v) is 7.58. The first kappa shape index (κ1) is 34.4. The highest BCUT2D eigenvalue weighted by Gasteiger charge is 2.38. The first-order valence-corrected chi connectivity index (χ1v) is 15.0. The summed E-state index contributed by atoms with van der Waals surface area (Å²) >= 11 is 0. The molecule has 0 aromatic heterocycles. The van der Waals surface area contributed by atoms with Gasteiger partial charge in [0.15, 0.2) is 5.79 Å². The van der Waals surface area contributed by atoms with Crippen LogP contribution in [0.2, 0.25) is 0 Å². The lowest BCUT2D eigenvalue weighted by Crippen LogP contribution is -2.55. The van der Waals surface area contributed by atoms with E-state index in [9.17, 15) is 23.5 Å². The number of halogens is 2. The fourth-order valence-electron chi connectivity index (χ4n) is 5.21. The van der Waals surface area contributed by atoms with Crippen LogP contribution in [-0.4, -0.2) is 68.0 Å². The number of nitrogens with one attached hydrogen (secondary N) is 3. The standard InChI is InChI=1S/C32H45F2N3O6/c1-4-6-11-32(42-13-14-43-32)12-10-27(37-31(40)41-3)30(39)36-28(18-24-16-25(33)19-26(34)17-24)29(38)21-35-20-23-9-7-8-22(5-2)15-23/h7-9,15-17,19,27-29,35,38H,4-6,10-14,18,20-21H2,1-3H3,(H,36,39)(H,37,40)/t27-,28+,29-/m1/s1. The maximum atomic E-state index is 14.0. The van der Waals surface area contributed by atoms with E-state index in [0.717, 1.165) is 43.0 Å². The van der Waals surface area contributed by atoms with Crippen LogP contribution in [0, 0.1) is 11.6 Å². The summed E-state index contributed by atoms with van der Waals surface area (Å²) < 4.78 is 44.5. The van der Waals surface area contributed by atoms with Crippen molar-refractivity contribution in [3.63, 3.8) is 0 Å². The molecule has 0 bridgehead atoms. The number of rotatable bonds is 17. The molecule has 2 aromatic rings. The van der Waals surface area contributed by atoms with E-state index in [4.69, 9.17) is 14.2 Å². The Kier molecular flexibility index (Phi) is 13.8. The highest BCUT2D eigenvalue weighted by atomic mass is 19.1. The number of carbonyl (C=O) groups excluding carboxylic acids is 2. The highest BCUT2D eigenvalue weighted by molar-refractivity contribution is 5.85. The van der Waals surface area contributed by atoms with Gasteiger partial charge in [-0.1, -0.05) is 44.5 Å². The fraction of sp³-hybridized carbons (Fsp3) is 0.562. The normalized spacial score (nSPS) is 16.3. The molecule has 238 valence electrons. The van der Waals surface area contributed by atoms with Crippen LogP contribution in [0.3, 0.4) is 0 Å². The summed E-state index contributed by atoms with van der Waals surface area (Å²) in [7, 11) is 1.20. The summed E-state index contributed by atoms with van der Waals surface area (Å²) in [6, 6.07) is 9.17. The molecular formula is C32H45F2N3O6. The molecule has 0 aliphatic carbocycles. The molecule has 1 aliphatic rings. The molecule has 1 fully saturated rings. The molecule has 3 rings (SSSR count). The van der Waals surface area contributed by atoms with E-state index < -0.39 is 47.6 Å². The van der Waals surface area contributed by atoms with Gasteiger partial charge in [-0.25, -0.2) is 13.6 Å². The van der Waals surface area contributed by atoms with Crippen molar-refractivity contribution in [3.05, 3.63) is 70.8 Å². The van der Waals surface area contributed by atoms with Gasteiger partial charge in [0.25, 0.3) is 0 Å². The van der Waals surface area contributed by atoms with Crippen LogP contribution in [0.4, 0.5) is 13.6 Å². The second kappa shape index (κ2) is 17.2. The molecule has 0 unspecified atom stereocenters. The van der Waals surface area contributed by atoms with Crippen LogP contribution in [0.5, 0.6) is 0 Å².